The first-order valence-corrected chi connectivity index (χ1v) is 27.5. The van der Waals surface area contributed by atoms with Crippen LogP contribution < -0.4 is 0 Å². The van der Waals surface area contributed by atoms with Gasteiger partial charge < -0.3 is 14.2 Å². The summed E-state index contributed by atoms with van der Waals surface area (Å²) in [6, 6.07) is 0. The third-order valence-corrected chi connectivity index (χ3v) is 10.7. The summed E-state index contributed by atoms with van der Waals surface area (Å²) in [5.74, 6) is -1.03. The lowest BCUT2D eigenvalue weighted by atomic mass is 10.1. The molecule has 0 amide bonds. The van der Waals surface area contributed by atoms with E-state index >= 15 is 0 Å². The van der Waals surface area contributed by atoms with Crippen molar-refractivity contribution in [3.8, 4) is 0 Å². The first-order chi connectivity index (χ1) is 34.5. The Morgan fingerprint density at radius 3 is 0.914 bits per heavy atom. The molecule has 1 unspecified atom stereocenters. The van der Waals surface area contributed by atoms with Crippen LogP contribution in [-0.2, 0) is 28.6 Å². The molecule has 0 radical (unpaired) electrons. The second-order valence-corrected chi connectivity index (χ2v) is 17.4. The van der Waals surface area contributed by atoms with E-state index in [0.717, 1.165) is 141 Å². The summed E-state index contributed by atoms with van der Waals surface area (Å²) in [6.45, 7) is 6.24. The summed E-state index contributed by atoms with van der Waals surface area (Å²) >= 11 is 0. The highest BCUT2D eigenvalue weighted by molar-refractivity contribution is 5.71. The molecule has 0 N–H and O–H groups in total. The smallest absolute Gasteiger partial charge is 0.306 e. The van der Waals surface area contributed by atoms with Gasteiger partial charge in [0, 0.05) is 19.3 Å². The molecule has 0 saturated carbocycles. The maximum atomic E-state index is 12.8. The van der Waals surface area contributed by atoms with E-state index < -0.39 is 6.10 Å². The van der Waals surface area contributed by atoms with Crippen molar-refractivity contribution in [2.75, 3.05) is 13.2 Å². The summed E-state index contributed by atoms with van der Waals surface area (Å²) in [5, 5.41) is 0. The minimum absolute atomic E-state index is 0.121. The molecule has 0 aromatic carbocycles. The molecule has 0 heterocycles. The van der Waals surface area contributed by atoms with Crippen LogP contribution in [0.5, 0.6) is 0 Å². The zero-order valence-electron chi connectivity index (χ0n) is 44.5. The fourth-order valence-electron chi connectivity index (χ4n) is 6.68. The van der Waals surface area contributed by atoms with Crippen LogP contribution in [0.4, 0.5) is 0 Å². The predicted octanol–water partition coefficient (Wildman–Crippen LogP) is 18.6. The molecule has 0 saturated heterocycles. The van der Waals surface area contributed by atoms with Gasteiger partial charge in [-0.1, -0.05) is 204 Å². The topological polar surface area (TPSA) is 78.9 Å². The van der Waals surface area contributed by atoms with Crippen LogP contribution in [0.1, 0.15) is 207 Å². The van der Waals surface area contributed by atoms with E-state index in [1.165, 1.54) is 12.8 Å². The second-order valence-electron chi connectivity index (χ2n) is 17.4. The number of carbonyl (C=O) groups excluding carboxylic acids is 3. The fraction of sp³-hybridized carbons (Fsp3) is 0.547. The van der Waals surface area contributed by atoms with Gasteiger partial charge in [-0.2, -0.15) is 0 Å². The lowest BCUT2D eigenvalue weighted by Crippen LogP contribution is -2.30. The molecule has 0 aliphatic rings. The van der Waals surface area contributed by atoms with Gasteiger partial charge >= 0.3 is 17.9 Å². The molecular formula is C64H98O6. The molecule has 390 valence electrons. The van der Waals surface area contributed by atoms with Crippen LogP contribution in [0.25, 0.3) is 0 Å². The van der Waals surface area contributed by atoms with Gasteiger partial charge in [-0.15, -0.1) is 0 Å². The van der Waals surface area contributed by atoms with Crippen LogP contribution in [0, 0.1) is 0 Å². The van der Waals surface area contributed by atoms with Crippen LogP contribution in [0.3, 0.4) is 0 Å². The number of hydrogen-bond donors (Lipinski definition) is 0. The Kier molecular flexibility index (Phi) is 52.6. The SMILES string of the molecule is CC/C=C\C/C=C\C/C=C\C/C=C\C/C=C\C/C=C\C/C=C\C/C=C\CCCCC(=O)OCC(COC(=O)CCCCCCC/C=C\CCC)OC(=O)CCCC/C=C\C/C=C\C/C=C\C/C=C\CC. The maximum absolute atomic E-state index is 12.8. The minimum Gasteiger partial charge on any atom is -0.462 e. The lowest BCUT2D eigenvalue weighted by Gasteiger charge is -2.18. The maximum Gasteiger partial charge on any atom is 0.306 e. The summed E-state index contributed by atoms with van der Waals surface area (Å²) < 4.78 is 16.7. The van der Waals surface area contributed by atoms with Crippen LogP contribution in [-0.4, -0.2) is 37.2 Å². The number of hydrogen-bond acceptors (Lipinski definition) is 6. The van der Waals surface area contributed by atoms with Gasteiger partial charge in [-0.25, -0.2) is 0 Å². The Hall–Kier alpha value is -4.97. The van der Waals surface area contributed by atoms with Crippen molar-refractivity contribution in [3.63, 3.8) is 0 Å². The van der Waals surface area contributed by atoms with Crippen molar-refractivity contribution >= 4 is 17.9 Å². The van der Waals surface area contributed by atoms with Crippen molar-refractivity contribution < 1.29 is 28.6 Å². The molecule has 0 aromatic rings. The van der Waals surface area contributed by atoms with E-state index in [4.69, 9.17) is 14.2 Å². The fourth-order valence-corrected chi connectivity index (χ4v) is 6.68. The molecule has 70 heavy (non-hydrogen) atoms. The van der Waals surface area contributed by atoms with E-state index in [1.807, 2.05) is 0 Å². The Morgan fingerprint density at radius 1 is 0.300 bits per heavy atom. The van der Waals surface area contributed by atoms with Crippen molar-refractivity contribution in [1.82, 2.24) is 0 Å². The third-order valence-electron chi connectivity index (χ3n) is 10.7. The van der Waals surface area contributed by atoms with E-state index in [1.54, 1.807) is 0 Å². The average Bonchev–Trinajstić information content (AvgIpc) is 3.36. The zero-order valence-corrected chi connectivity index (χ0v) is 44.5. The van der Waals surface area contributed by atoms with E-state index in [0.29, 0.717) is 19.3 Å². The minimum atomic E-state index is -0.828. The summed E-state index contributed by atoms with van der Waals surface area (Å²) in [4.78, 5) is 38.0. The number of allylic oxidation sites excluding steroid dienone is 26. The quantitative estimate of drug-likeness (QED) is 0.0262. The Balaban J connectivity index is 4.46. The average molecular weight is 963 g/mol. The molecular weight excluding hydrogens is 865 g/mol. The number of carbonyl (C=O) groups is 3. The summed E-state index contributed by atoms with van der Waals surface area (Å²) in [5.41, 5.74) is 0. The van der Waals surface area contributed by atoms with Gasteiger partial charge in [-0.05, 0) is 141 Å². The Labute approximate surface area is 429 Å². The summed E-state index contributed by atoms with van der Waals surface area (Å²) in [7, 11) is 0. The van der Waals surface area contributed by atoms with Gasteiger partial charge in [0.2, 0.25) is 0 Å². The monoisotopic (exact) mass is 963 g/mol. The molecule has 0 spiro atoms. The standard InChI is InChI=1S/C64H98O6/c1-4-7-10-13-16-19-22-24-26-27-28-29-30-31-32-33-34-35-36-37-39-40-42-45-48-51-54-57-63(66)69-60-61(59-68-62(65)56-53-50-47-44-21-18-15-12-9-6-3)70-64(67)58-55-52-49-46-43-41-38-25-23-20-17-14-11-8-5-2/h7-8,10-12,15-17,19-20,24-26,28-29,31-32,34-35,37-39,42-43,45-46,61H,4-6,9,13-14,18,21-23,27,30,33,36,40-41,44,47-60H2,1-3H3/b10-7-,11-8-,15-12-,19-16-,20-17-,26-24-,29-28-,32-31-,35-34-,38-25-,39-37-,45-42-,46-43-. The highest BCUT2D eigenvalue weighted by Crippen LogP contribution is 2.11. The van der Waals surface area contributed by atoms with Crippen LogP contribution in [0.15, 0.2) is 158 Å². The van der Waals surface area contributed by atoms with Crippen LogP contribution in [0.2, 0.25) is 0 Å². The number of rotatable bonds is 47. The van der Waals surface area contributed by atoms with E-state index in [2.05, 4.69) is 179 Å². The molecule has 1 atom stereocenters. The molecule has 0 aromatic heterocycles. The van der Waals surface area contributed by atoms with Gasteiger partial charge in [-0.3, -0.25) is 14.4 Å². The summed E-state index contributed by atoms with van der Waals surface area (Å²) in [6.07, 6.45) is 82.5. The second kappa shape index (κ2) is 56.6. The van der Waals surface area contributed by atoms with E-state index in [9.17, 15) is 14.4 Å². The zero-order chi connectivity index (χ0) is 50.7. The highest BCUT2D eigenvalue weighted by atomic mass is 16.6. The van der Waals surface area contributed by atoms with Crippen molar-refractivity contribution in [2.24, 2.45) is 0 Å². The van der Waals surface area contributed by atoms with Crippen molar-refractivity contribution in [2.45, 2.75) is 213 Å². The normalized spacial score (nSPS) is 13.4. The Morgan fingerprint density at radius 2 is 0.557 bits per heavy atom. The number of unbranched alkanes of at least 4 members (excludes halogenated alkanes) is 10. The Bertz CT molecular complexity index is 1620. The van der Waals surface area contributed by atoms with Gasteiger partial charge in [0.1, 0.15) is 13.2 Å². The molecule has 0 bridgehead atoms. The van der Waals surface area contributed by atoms with E-state index in [-0.39, 0.29) is 44.0 Å². The van der Waals surface area contributed by atoms with Gasteiger partial charge in [0.05, 0.1) is 0 Å². The lowest BCUT2D eigenvalue weighted by molar-refractivity contribution is -0.167. The number of esters is 3. The van der Waals surface area contributed by atoms with Crippen molar-refractivity contribution in [3.05, 3.63) is 158 Å². The largest absolute Gasteiger partial charge is 0.462 e. The molecule has 0 aliphatic heterocycles. The molecule has 0 rings (SSSR count). The van der Waals surface area contributed by atoms with Gasteiger partial charge in [0.15, 0.2) is 6.10 Å². The first kappa shape index (κ1) is 65.0. The third kappa shape index (κ3) is 54.0. The molecule has 0 aliphatic carbocycles. The van der Waals surface area contributed by atoms with Gasteiger partial charge in [0.25, 0.3) is 0 Å². The first-order valence-electron chi connectivity index (χ1n) is 27.5. The molecule has 6 heteroatoms. The highest BCUT2D eigenvalue weighted by Gasteiger charge is 2.19. The number of ether oxygens (including phenoxy) is 3. The molecule has 0 fully saturated rings. The van der Waals surface area contributed by atoms with Crippen LogP contribution >= 0.6 is 0 Å². The predicted molar refractivity (Wildman–Crippen MR) is 302 cm³/mol. The van der Waals surface area contributed by atoms with Crippen molar-refractivity contribution in [1.29, 1.82) is 0 Å². The molecule has 6 nitrogen and oxygen atoms in total.